The van der Waals surface area contributed by atoms with E-state index >= 15 is 0 Å². The molecule has 1 aliphatic rings. The second kappa shape index (κ2) is 5.51. The van der Waals surface area contributed by atoms with Gasteiger partial charge in [-0.25, -0.2) is 4.89 Å². The third-order valence-corrected chi connectivity index (χ3v) is 2.81. The molecule has 0 aliphatic heterocycles. The van der Waals surface area contributed by atoms with Crippen LogP contribution < -0.4 is 5.32 Å². The standard InChI is InChI=1S/C9H19NO2/c1-10-9-4-2-3-8(7-9)5-6-12-11/h8-11H,2-7H2,1H3. The van der Waals surface area contributed by atoms with Crippen molar-refractivity contribution in [2.24, 2.45) is 5.92 Å². The topological polar surface area (TPSA) is 41.5 Å². The van der Waals surface area contributed by atoms with Gasteiger partial charge in [0.15, 0.2) is 0 Å². The van der Waals surface area contributed by atoms with E-state index in [2.05, 4.69) is 10.2 Å². The predicted octanol–water partition coefficient (Wildman–Crippen LogP) is 1.64. The van der Waals surface area contributed by atoms with E-state index in [1.807, 2.05) is 7.05 Å². The van der Waals surface area contributed by atoms with Crippen LogP contribution >= 0.6 is 0 Å². The molecule has 0 aromatic heterocycles. The highest BCUT2D eigenvalue weighted by Crippen LogP contribution is 2.26. The maximum atomic E-state index is 8.20. The zero-order valence-corrected chi connectivity index (χ0v) is 7.75. The molecule has 0 radical (unpaired) electrons. The highest BCUT2D eigenvalue weighted by molar-refractivity contribution is 4.76. The maximum absolute atomic E-state index is 8.20. The van der Waals surface area contributed by atoms with Gasteiger partial charge >= 0.3 is 0 Å². The fourth-order valence-corrected chi connectivity index (χ4v) is 2.03. The average Bonchev–Trinajstić information content (AvgIpc) is 2.15. The third-order valence-electron chi connectivity index (χ3n) is 2.81. The van der Waals surface area contributed by atoms with Crippen LogP contribution in [0.15, 0.2) is 0 Å². The molecule has 0 bridgehead atoms. The Labute approximate surface area is 74.0 Å². The quantitative estimate of drug-likeness (QED) is 0.501. The van der Waals surface area contributed by atoms with E-state index in [-0.39, 0.29) is 0 Å². The van der Waals surface area contributed by atoms with Crippen molar-refractivity contribution in [1.29, 1.82) is 0 Å². The van der Waals surface area contributed by atoms with E-state index in [0.29, 0.717) is 12.6 Å². The summed E-state index contributed by atoms with van der Waals surface area (Å²) in [5.74, 6) is 0.739. The van der Waals surface area contributed by atoms with Crippen LogP contribution in [-0.4, -0.2) is 25.0 Å². The first-order chi connectivity index (χ1) is 5.86. The summed E-state index contributed by atoms with van der Waals surface area (Å²) in [5, 5.41) is 11.5. The second-order valence-corrected chi connectivity index (χ2v) is 3.64. The maximum Gasteiger partial charge on any atom is 0.0822 e. The molecule has 2 N–H and O–H groups in total. The molecule has 2 atom stereocenters. The Hall–Kier alpha value is -0.120. The van der Waals surface area contributed by atoms with Crippen LogP contribution in [0.4, 0.5) is 0 Å². The number of rotatable bonds is 4. The van der Waals surface area contributed by atoms with Crippen LogP contribution in [0.2, 0.25) is 0 Å². The van der Waals surface area contributed by atoms with Crippen molar-refractivity contribution in [3.63, 3.8) is 0 Å². The molecule has 1 saturated carbocycles. The molecule has 1 rings (SSSR count). The summed E-state index contributed by atoms with van der Waals surface area (Å²) in [4.78, 5) is 4.09. The summed E-state index contributed by atoms with van der Waals surface area (Å²) < 4.78 is 0. The van der Waals surface area contributed by atoms with Crippen molar-refractivity contribution in [3.05, 3.63) is 0 Å². The van der Waals surface area contributed by atoms with E-state index in [1.54, 1.807) is 0 Å². The van der Waals surface area contributed by atoms with Crippen LogP contribution in [0.25, 0.3) is 0 Å². The smallest absolute Gasteiger partial charge is 0.0822 e. The lowest BCUT2D eigenvalue weighted by molar-refractivity contribution is -0.244. The van der Waals surface area contributed by atoms with Crippen molar-refractivity contribution in [1.82, 2.24) is 5.32 Å². The number of hydrogen-bond donors (Lipinski definition) is 2. The molecular weight excluding hydrogens is 154 g/mol. The highest BCUT2D eigenvalue weighted by Gasteiger charge is 2.20. The molecule has 0 aromatic rings. The minimum absolute atomic E-state index is 0.487. The van der Waals surface area contributed by atoms with Gasteiger partial charge in [0, 0.05) is 6.04 Å². The zero-order chi connectivity index (χ0) is 8.81. The molecule has 0 saturated heterocycles. The molecule has 3 nitrogen and oxygen atoms in total. The fraction of sp³-hybridized carbons (Fsp3) is 1.00. The first-order valence-electron chi connectivity index (χ1n) is 4.80. The summed E-state index contributed by atoms with van der Waals surface area (Å²) in [7, 11) is 2.02. The molecule has 0 spiro atoms. The third kappa shape index (κ3) is 3.09. The van der Waals surface area contributed by atoms with Gasteiger partial charge in [-0.1, -0.05) is 12.8 Å². The van der Waals surface area contributed by atoms with Crippen molar-refractivity contribution in [2.75, 3.05) is 13.7 Å². The lowest BCUT2D eigenvalue weighted by Gasteiger charge is -2.28. The van der Waals surface area contributed by atoms with Crippen LogP contribution in [0.3, 0.4) is 0 Å². The predicted molar refractivity (Wildman–Crippen MR) is 48.0 cm³/mol. The molecule has 1 aliphatic carbocycles. The number of nitrogens with one attached hydrogen (secondary N) is 1. The molecule has 2 unspecified atom stereocenters. The van der Waals surface area contributed by atoms with Crippen molar-refractivity contribution in [3.8, 4) is 0 Å². The summed E-state index contributed by atoms with van der Waals surface area (Å²) in [6, 6.07) is 0.683. The van der Waals surface area contributed by atoms with Gasteiger partial charge in [0.05, 0.1) is 6.61 Å². The lowest BCUT2D eigenvalue weighted by Crippen LogP contribution is -2.31. The summed E-state index contributed by atoms with van der Waals surface area (Å²) in [5.41, 5.74) is 0. The molecule has 12 heavy (non-hydrogen) atoms. The van der Waals surface area contributed by atoms with E-state index in [4.69, 9.17) is 5.26 Å². The average molecular weight is 173 g/mol. The van der Waals surface area contributed by atoms with Crippen LogP contribution in [0, 0.1) is 5.92 Å². The summed E-state index contributed by atoms with van der Waals surface area (Å²) >= 11 is 0. The van der Waals surface area contributed by atoms with Crippen molar-refractivity contribution < 1.29 is 10.1 Å². The molecule has 3 heteroatoms. The van der Waals surface area contributed by atoms with Crippen LogP contribution in [-0.2, 0) is 4.89 Å². The van der Waals surface area contributed by atoms with Gasteiger partial charge in [-0.2, -0.15) is 0 Å². The Morgan fingerprint density at radius 2 is 2.33 bits per heavy atom. The first kappa shape index (κ1) is 9.96. The molecule has 72 valence electrons. The van der Waals surface area contributed by atoms with E-state index in [1.165, 1.54) is 25.7 Å². The molecule has 0 amide bonds. The first-order valence-corrected chi connectivity index (χ1v) is 4.80. The van der Waals surface area contributed by atoms with Crippen LogP contribution in [0.5, 0.6) is 0 Å². The largest absolute Gasteiger partial charge is 0.317 e. The highest BCUT2D eigenvalue weighted by atomic mass is 17.1. The minimum atomic E-state index is 0.487. The van der Waals surface area contributed by atoms with Gasteiger partial charge in [0.25, 0.3) is 0 Å². The monoisotopic (exact) mass is 173 g/mol. The molecule has 0 heterocycles. The Morgan fingerprint density at radius 3 is 3.00 bits per heavy atom. The lowest BCUT2D eigenvalue weighted by atomic mass is 9.84. The normalized spacial score (nSPS) is 30.5. The zero-order valence-electron chi connectivity index (χ0n) is 7.75. The van der Waals surface area contributed by atoms with Gasteiger partial charge in [-0.05, 0) is 32.2 Å². The summed E-state index contributed by atoms with van der Waals surface area (Å²) in [6.07, 6.45) is 6.13. The van der Waals surface area contributed by atoms with Gasteiger partial charge in [-0.3, -0.25) is 5.26 Å². The summed E-state index contributed by atoms with van der Waals surface area (Å²) in [6.45, 7) is 0.487. The molecule has 1 fully saturated rings. The van der Waals surface area contributed by atoms with Gasteiger partial charge in [-0.15, -0.1) is 0 Å². The van der Waals surface area contributed by atoms with Crippen LogP contribution in [0.1, 0.15) is 32.1 Å². The van der Waals surface area contributed by atoms with Gasteiger partial charge in [0.1, 0.15) is 0 Å². The Kier molecular flexibility index (Phi) is 4.58. The minimum Gasteiger partial charge on any atom is -0.317 e. The van der Waals surface area contributed by atoms with E-state index in [9.17, 15) is 0 Å². The SMILES string of the molecule is CNC1CCCC(CCOO)C1. The Morgan fingerprint density at radius 1 is 1.50 bits per heavy atom. The van der Waals surface area contributed by atoms with E-state index < -0.39 is 0 Å². The molecular formula is C9H19NO2. The Bertz CT molecular complexity index is 119. The van der Waals surface area contributed by atoms with Crippen molar-refractivity contribution >= 4 is 0 Å². The van der Waals surface area contributed by atoms with Crippen molar-refractivity contribution in [2.45, 2.75) is 38.1 Å². The second-order valence-electron chi connectivity index (χ2n) is 3.64. The fourth-order valence-electron chi connectivity index (χ4n) is 2.03. The Balaban J connectivity index is 2.16. The number of hydrogen-bond acceptors (Lipinski definition) is 3. The van der Waals surface area contributed by atoms with Gasteiger partial charge in [0.2, 0.25) is 0 Å². The van der Waals surface area contributed by atoms with E-state index in [0.717, 1.165) is 12.3 Å². The van der Waals surface area contributed by atoms with Gasteiger partial charge < -0.3 is 5.32 Å². The molecule has 0 aromatic carbocycles.